The van der Waals surface area contributed by atoms with E-state index in [2.05, 4.69) is 76.6 Å². The molecule has 1 unspecified atom stereocenters. The average molecular weight is 359 g/mol. The monoisotopic (exact) mass is 358 g/mol. The maximum Gasteiger partial charge on any atom is 0.350 e. The lowest BCUT2D eigenvalue weighted by molar-refractivity contribution is 0.341. The van der Waals surface area contributed by atoms with E-state index in [1.807, 2.05) is 6.07 Å². The first-order valence-electron chi connectivity index (χ1n) is 7.57. The van der Waals surface area contributed by atoms with Crippen LogP contribution in [0, 0.1) is 0 Å². The Hall–Kier alpha value is -0.0325. The van der Waals surface area contributed by atoms with Crippen molar-refractivity contribution in [2.24, 2.45) is 0 Å². The van der Waals surface area contributed by atoms with Crippen LogP contribution in [0.4, 0.5) is 0 Å². The van der Waals surface area contributed by atoms with Gasteiger partial charge in [0.05, 0.1) is 0 Å². The van der Waals surface area contributed by atoms with Gasteiger partial charge in [-0.2, -0.15) is 0 Å². The summed E-state index contributed by atoms with van der Waals surface area (Å²) in [5, 5.41) is 1.20. The van der Waals surface area contributed by atoms with E-state index in [1.165, 1.54) is 5.19 Å². The van der Waals surface area contributed by atoms with Gasteiger partial charge in [0.25, 0.3) is 0 Å². The fraction of sp³-hybridized carbons (Fsp3) is 0.571. The second-order valence-corrected chi connectivity index (χ2v) is 21.4. The number of hydrogen-bond donors (Lipinski definition) is 0. The van der Waals surface area contributed by atoms with Crippen molar-refractivity contribution in [3.63, 3.8) is 0 Å². The molecule has 0 aromatic heterocycles. The van der Waals surface area contributed by atoms with Crippen molar-refractivity contribution in [2.45, 2.75) is 52.4 Å². The average Bonchev–Trinajstić information content (AvgIpc) is 2.24. The highest BCUT2D eigenvalue weighted by molar-refractivity contribution is 6.92. The molecule has 0 aliphatic rings. The lowest BCUT2D eigenvalue weighted by Gasteiger charge is -2.39. The van der Waals surface area contributed by atoms with Crippen LogP contribution in [-0.2, 0) is 12.3 Å². The maximum atomic E-state index is 6.60. The summed E-state index contributed by atoms with van der Waals surface area (Å²) in [6, 6.07) is 10.4. The zero-order valence-corrected chi connectivity index (χ0v) is 18.8. The minimum absolute atomic E-state index is 1.19. The fourth-order valence-corrected chi connectivity index (χ4v) is 18.8. The van der Waals surface area contributed by atoms with E-state index < -0.39 is 34.5 Å². The van der Waals surface area contributed by atoms with E-state index in [0.717, 1.165) is 0 Å². The van der Waals surface area contributed by atoms with Gasteiger partial charge in [-0.15, -0.1) is 0 Å². The smallest absolute Gasteiger partial charge is 0.350 e. The van der Waals surface area contributed by atoms with Crippen LogP contribution in [0.15, 0.2) is 30.3 Å². The zero-order valence-electron chi connectivity index (χ0n) is 14.7. The van der Waals surface area contributed by atoms with E-state index in [4.69, 9.17) is 12.3 Å². The zero-order chi connectivity index (χ0) is 16.3. The van der Waals surface area contributed by atoms with Crippen molar-refractivity contribution in [1.82, 2.24) is 0 Å². The Morgan fingerprint density at radius 1 is 0.810 bits per heavy atom. The molecule has 21 heavy (non-hydrogen) atoms. The van der Waals surface area contributed by atoms with Crippen LogP contribution in [0.2, 0.25) is 52.4 Å². The van der Waals surface area contributed by atoms with E-state index in [-0.39, 0.29) is 0 Å². The van der Waals surface area contributed by atoms with Crippen molar-refractivity contribution in [3.8, 4) is 0 Å². The molecule has 0 aliphatic heterocycles. The summed E-state index contributed by atoms with van der Waals surface area (Å²) in [7, 11) is -7.42. The van der Waals surface area contributed by atoms with Crippen molar-refractivity contribution in [3.05, 3.63) is 30.3 Å². The molecule has 0 saturated carbocycles. The van der Waals surface area contributed by atoms with E-state index in [0.29, 0.717) is 0 Å². The summed E-state index contributed by atoms with van der Waals surface area (Å²) >= 11 is 0. The quantitative estimate of drug-likeness (QED) is 0.698. The van der Waals surface area contributed by atoms with Gasteiger partial charge in [-0.25, -0.2) is 0 Å². The first-order valence-corrected chi connectivity index (χ1v) is 18.9. The summed E-state index contributed by atoms with van der Waals surface area (Å²) < 4.78 is 19.4. The molecule has 1 aromatic rings. The summed E-state index contributed by atoms with van der Waals surface area (Å²) in [5.41, 5.74) is 0. The number of hydrogen-bond acceptors (Lipinski definition) is 3. The molecule has 7 heteroatoms. The third-order valence-corrected chi connectivity index (χ3v) is 15.8. The lowest BCUT2D eigenvalue weighted by Crippen LogP contribution is -2.61. The van der Waals surface area contributed by atoms with E-state index >= 15 is 0 Å². The molecule has 0 saturated heterocycles. The van der Waals surface area contributed by atoms with Gasteiger partial charge in [-0.05, 0) is 57.6 Å². The Kier molecular flexibility index (Phi) is 6.37. The van der Waals surface area contributed by atoms with Gasteiger partial charge in [-0.3, -0.25) is 0 Å². The van der Waals surface area contributed by atoms with Gasteiger partial charge in [-0.1, -0.05) is 30.3 Å². The molecule has 0 radical (unpaired) electrons. The van der Waals surface area contributed by atoms with Crippen molar-refractivity contribution < 1.29 is 12.3 Å². The van der Waals surface area contributed by atoms with Crippen molar-refractivity contribution >= 4 is 39.7 Å². The van der Waals surface area contributed by atoms with Crippen LogP contribution in [0.3, 0.4) is 0 Å². The van der Waals surface area contributed by atoms with Gasteiger partial charge < -0.3 is 12.3 Å². The highest BCUT2D eigenvalue weighted by atomic mass is 28.5. The highest BCUT2D eigenvalue weighted by Gasteiger charge is 2.43. The molecule has 0 N–H and O–H groups in total. The normalized spacial score (nSPS) is 16.0. The van der Waals surface area contributed by atoms with E-state index in [1.54, 1.807) is 0 Å². The molecular weight excluding hydrogens is 328 g/mol. The number of rotatable bonds is 7. The molecule has 1 atom stereocenters. The Balaban J connectivity index is 3.04. The van der Waals surface area contributed by atoms with Crippen LogP contribution in [-0.4, -0.2) is 34.5 Å². The fourth-order valence-electron chi connectivity index (χ4n) is 2.57. The standard InChI is InChI=1S/C14H30O3Si4/c1-18(2)15-21(8,14-12-10-9-11-13-14)17-20(6,7)16-19(3,4)5/h9-13,18H,1-8H3. The minimum Gasteiger partial charge on any atom is -0.437 e. The molecule has 0 spiro atoms. The topological polar surface area (TPSA) is 27.7 Å². The van der Waals surface area contributed by atoms with Crippen molar-refractivity contribution in [2.75, 3.05) is 0 Å². The largest absolute Gasteiger partial charge is 0.437 e. The first kappa shape index (κ1) is 19.0. The molecule has 120 valence electrons. The third kappa shape index (κ3) is 6.72. The maximum absolute atomic E-state index is 6.60. The lowest BCUT2D eigenvalue weighted by atomic mass is 10.4. The molecule has 1 aromatic carbocycles. The third-order valence-electron chi connectivity index (χ3n) is 2.75. The van der Waals surface area contributed by atoms with Gasteiger partial charge in [0, 0.05) is 0 Å². The molecule has 3 nitrogen and oxygen atoms in total. The van der Waals surface area contributed by atoms with Gasteiger partial charge >= 0.3 is 17.1 Å². The summed E-state index contributed by atoms with van der Waals surface area (Å²) in [6.45, 7) is 17.5. The van der Waals surface area contributed by atoms with Gasteiger partial charge in [0.2, 0.25) is 0 Å². The Labute approximate surface area is 135 Å². The second-order valence-electron chi connectivity index (χ2n) is 7.19. The Bertz CT molecular complexity index is 445. The van der Waals surface area contributed by atoms with Gasteiger partial charge in [0.1, 0.15) is 0 Å². The predicted molar refractivity (Wildman–Crippen MR) is 101 cm³/mol. The molecule has 0 fully saturated rings. The summed E-state index contributed by atoms with van der Waals surface area (Å²) in [6.07, 6.45) is 0. The number of benzene rings is 1. The summed E-state index contributed by atoms with van der Waals surface area (Å²) in [5.74, 6) is 0. The molecular formula is C14H30O3Si4. The minimum atomic E-state index is -2.40. The van der Waals surface area contributed by atoms with Crippen molar-refractivity contribution in [1.29, 1.82) is 0 Å². The van der Waals surface area contributed by atoms with Crippen LogP contribution in [0.1, 0.15) is 0 Å². The predicted octanol–water partition coefficient (Wildman–Crippen LogP) is 3.54. The Morgan fingerprint density at radius 3 is 1.76 bits per heavy atom. The highest BCUT2D eigenvalue weighted by Crippen LogP contribution is 2.21. The first-order chi connectivity index (χ1) is 9.44. The van der Waals surface area contributed by atoms with Crippen LogP contribution in [0.5, 0.6) is 0 Å². The van der Waals surface area contributed by atoms with Crippen LogP contribution in [0.25, 0.3) is 0 Å². The van der Waals surface area contributed by atoms with Gasteiger partial charge in [0.15, 0.2) is 17.4 Å². The molecule has 0 heterocycles. The molecule has 0 bridgehead atoms. The second kappa shape index (κ2) is 7.03. The molecule has 1 rings (SSSR count). The van der Waals surface area contributed by atoms with Crippen LogP contribution >= 0.6 is 0 Å². The van der Waals surface area contributed by atoms with Crippen LogP contribution < -0.4 is 5.19 Å². The SMILES string of the molecule is C[SiH](C)O[Si](C)(O[Si](C)(C)O[Si](C)(C)C)c1ccccc1. The molecule has 0 aliphatic carbocycles. The van der Waals surface area contributed by atoms with E-state index in [9.17, 15) is 0 Å². The Morgan fingerprint density at radius 2 is 1.33 bits per heavy atom. The molecule has 0 amide bonds. The summed E-state index contributed by atoms with van der Waals surface area (Å²) in [4.78, 5) is 0.